The zero-order valence-corrected chi connectivity index (χ0v) is 23.4. The molecule has 0 spiro atoms. The van der Waals surface area contributed by atoms with Gasteiger partial charge in [-0.25, -0.2) is 8.78 Å². The van der Waals surface area contributed by atoms with Crippen LogP contribution in [-0.2, 0) is 11.3 Å². The van der Waals surface area contributed by atoms with Gasteiger partial charge in [0.2, 0.25) is 5.91 Å². The Labute approximate surface area is 241 Å². The molecule has 41 heavy (non-hydrogen) atoms. The second-order valence-corrected chi connectivity index (χ2v) is 11.2. The van der Waals surface area contributed by atoms with Crippen molar-refractivity contribution in [3.05, 3.63) is 58.1 Å². The summed E-state index contributed by atoms with van der Waals surface area (Å²) in [5, 5.41) is 7.47. The Morgan fingerprint density at radius 2 is 1.90 bits per heavy atom. The van der Waals surface area contributed by atoms with Gasteiger partial charge in [-0.2, -0.15) is 13.2 Å². The van der Waals surface area contributed by atoms with Gasteiger partial charge in [0.1, 0.15) is 6.04 Å². The van der Waals surface area contributed by atoms with E-state index in [1.807, 2.05) is 11.8 Å². The molecule has 0 bridgehead atoms. The van der Waals surface area contributed by atoms with Crippen LogP contribution in [-0.4, -0.2) is 72.1 Å². The third-order valence-electron chi connectivity index (χ3n) is 6.79. The lowest BCUT2D eigenvalue weighted by Gasteiger charge is -2.42. The lowest BCUT2D eigenvalue weighted by Crippen LogP contribution is -2.52. The number of thioether (sulfide) groups is 1. The van der Waals surface area contributed by atoms with Crippen LogP contribution in [0.1, 0.15) is 29.3 Å². The molecule has 2 fully saturated rings. The monoisotopic (exact) mass is 619 g/mol. The van der Waals surface area contributed by atoms with Crippen molar-refractivity contribution in [3.63, 3.8) is 0 Å². The maximum Gasteiger partial charge on any atom is 0.390 e. The molecule has 2 aliphatic rings. The van der Waals surface area contributed by atoms with Crippen molar-refractivity contribution in [2.75, 3.05) is 42.1 Å². The maximum absolute atomic E-state index is 14.9. The topological polar surface area (TPSA) is 93.8 Å². The largest absolute Gasteiger partial charge is 0.390 e. The smallest absolute Gasteiger partial charge is 0.365 e. The van der Waals surface area contributed by atoms with Gasteiger partial charge in [-0.15, -0.1) is 0 Å². The van der Waals surface area contributed by atoms with Gasteiger partial charge in [0.25, 0.3) is 11.1 Å². The highest BCUT2D eigenvalue weighted by Crippen LogP contribution is 2.33. The summed E-state index contributed by atoms with van der Waals surface area (Å²) in [5.41, 5.74) is 0.00514. The second kappa shape index (κ2) is 12.8. The number of carbonyl (C=O) groups is 3. The predicted molar refractivity (Wildman–Crippen MR) is 146 cm³/mol. The molecule has 8 nitrogen and oxygen atoms in total. The average Bonchev–Trinajstić information content (AvgIpc) is 3.35. The summed E-state index contributed by atoms with van der Waals surface area (Å²) in [6.45, 7) is 2.41. The Morgan fingerprint density at radius 1 is 1.15 bits per heavy atom. The molecule has 3 N–H and O–H groups in total. The number of halogens is 6. The number of rotatable bonds is 8. The number of carbonyl (C=O) groups excluding carboxylic acids is 3. The number of benzene rings is 2. The Morgan fingerprint density at radius 3 is 2.56 bits per heavy atom. The molecule has 15 heteroatoms. The van der Waals surface area contributed by atoms with Gasteiger partial charge in [-0.3, -0.25) is 19.3 Å². The van der Waals surface area contributed by atoms with Gasteiger partial charge < -0.3 is 20.9 Å². The first-order chi connectivity index (χ1) is 19.3. The van der Waals surface area contributed by atoms with Crippen LogP contribution in [0.2, 0.25) is 5.02 Å². The fourth-order valence-corrected chi connectivity index (χ4v) is 5.59. The number of amides is 3. The first-order valence-electron chi connectivity index (χ1n) is 12.7. The Hall–Kier alpha value is -3.10. The molecule has 0 radical (unpaired) electrons. The number of anilines is 2. The normalized spacial score (nSPS) is 19.7. The van der Waals surface area contributed by atoms with E-state index < -0.39 is 47.7 Å². The minimum absolute atomic E-state index is 0.123. The third-order valence-corrected chi connectivity index (χ3v) is 7.91. The molecule has 2 saturated heterocycles. The molecule has 4 rings (SSSR count). The van der Waals surface area contributed by atoms with Crippen LogP contribution in [0.4, 0.5) is 38.1 Å². The highest BCUT2D eigenvalue weighted by molar-refractivity contribution is 8.14. The summed E-state index contributed by atoms with van der Waals surface area (Å²) >= 11 is 7.13. The molecule has 2 heterocycles. The Balaban J connectivity index is 1.44. The molecule has 0 aromatic heterocycles. The SMILES string of the molecule is C[C@@H]1CN(CCC(F)(F)F)CCN1c1cc(Cl)ccc1NC(=O)c1ccc(CNC(=O)C2CSC(=O)N2)c(F)c1F. The van der Waals surface area contributed by atoms with Crippen LogP contribution in [0.3, 0.4) is 0 Å². The average molecular weight is 620 g/mol. The first-order valence-corrected chi connectivity index (χ1v) is 14.0. The third kappa shape index (κ3) is 7.80. The van der Waals surface area contributed by atoms with Crippen molar-refractivity contribution in [3.8, 4) is 0 Å². The number of nitrogens with one attached hydrogen (secondary N) is 3. The molecule has 0 aliphatic carbocycles. The molecule has 222 valence electrons. The van der Waals surface area contributed by atoms with Crippen molar-refractivity contribution in [2.24, 2.45) is 0 Å². The van der Waals surface area contributed by atoms with Crippen molar-refractivity contribution in [1.29, 1.82) is 0 Å². The van der Waals surface area contributed by atoms with Gasteiger partial charge in [-0.1, -0.05) is 29.4 Å². The summed E-state index contributed by atoms with van der Waals surface area (Å²) in [6.07, 6.45) is -5.16. The molecular formula is C26H27ClF5N5O3S. The molecule has 2 atom stereocenters. The minimum atomic E-state index is -4.25. The number of nitrogens with zero attached hydrogens (tertiary/aromatic N) is 2. The fourth-order valence-electron chi connectivity index (χ4n) is 4.65. The van der Waals surface area contributed by atoms with Gasteiger partial charge >= 0.3 is 6.18 Å². The van der Waals surface area contributed by atoms with E-state index in [4.69, 9.17) is 11.6 Å². The van der Waals surface area contributed by atoms with Crippen LogP contribution in [0.15, 0.2) is 30.3 Å². The van der Waals surface area contributed by atoms with Crippen LogP contribution in [0.25, 0.3) is 0 Å². The summed E-state index contributed by atoms with van der Waals surface area (Å²) < 4.78 is 67.7. The van der Waals surface area contributed by atoms with E-state index in [2.05, 4.69) is 16.0 Å². The summed E-state index contributed by atoms with van der Waals surface area (Å²) in [5.74, 6) is -3.96. The quantitative estimate of drug-likeness (QED) is 0.369. The zero-order valence-electron chi connectivity index (χ0n) is 21.8. The number of alkyl halides is 3. The minimum Gasteiger partial charge on any atom is -0.365 e. The van der Waals surface area contributed by atoms with Crippen LogP contribution in [0.5, 0.6) is 0 Å². The highest BCUT2D eigenvalue weighted by Gasteiger charge is 2.32. The Bertz CT molecular complexity index is 1330. The summed E-state index contributed by atoms with van der Waals surface area (Å²) in [6, 6.07) is 5.89. The van der Waals surface area contributed by atoms with E-state index in [1.165, 1.54) is 18.2 Å². The summed E-state index contributed by atoms with van der Waals surface area (Å²) in [7, 11) is 0. The molecule has 0 saturated carbocycles. The second-order valence-electron chi connectivity index (χ2n) is 9.74. The van der Waals surface area contributed by atoms with E-state index in [0.29, 0.717) is 30.3 Å². The van der Waals surface area contributed by atoms with E-state index in [1.54, 1.807) is 11.0 Å². The van der Waals surface area contributed by atoms with Crippen LogP contribution in [0, 0.1) is 11.6 Å². The number of hydrogen-bond acceptors (Lipinski definition) is 6. The molecule has 1 unspecified atom stereocenters. The van der Waals surface area contributed by atoms with E-state index in [0.717, 1.165) is 17.8 Å². The highest BCUT2D eigenvalue weighted by atomic mass is 35.5. The number of piperazine rings is 1. The molecule has 2 aliphatic heterocycles. The van der Waals surface area contributed by atoms with Gasteiger partial charge in [0, 0.05) is 55.1 Å². The summed E-state index contributed by atoms with van der Waals surface area (Å²) in [4.78, 5) is 40.0. The van der Waals surface area contributed by atoms with E-state index in [9.17, 15) is 36.3 Å². The van der Waals surface area contributed by atoms with E-state index in [-0.39, 0.29) is 41.4 Å². The molecular weight excluding hydrogens is 593 g/mol. The fraction of sp³-hybridized carbons (Fsp3) is 0.423. The van der Waals surface area contributed by atoms with Crippen molar-refractivity contribution < 1.29 is 36.3 Å². The Kier molecular flexibility index (Phi) is 9.65. The van der Waals surface area contributed by atoms with Crippen molar-refractivity contribution in [2.45, 2.75) is 38.1 Å². The van der Waals surface area contributed by atoms with Gasteiger partial charge in [0.05, 0.1) is 23.4 Å². The first kappa shape index (κ1) is 30.8. The van der Waals surface area contributed by atoms with Gasteiger partial charge in [0.15, 0.2) is 11.6 Å². The van der Waals surface area contributed by atoms with Crippen LogP contribution < -0.4 is 20.9 Å². The molecule has 2 aromatic rings. The predicted octanol–water partition coefficient (Wildman–Crippen LogP) is 4.77. The molecule has 2 aromatic carbocycles. The zero-order chi connectivity index (χ0) is 29.9. The van der Waals surface area contributed by atoms with Crippen LogP contribution >= 0.6 is 23.4 Å². The van der Waals surface area contributed by atoms with E-state index >= 15 is 0 Å². The van der Waals surface area contributed by atoms with Gasteiger partial charge in [-0.05, 0) is 31.2 Å². The lowest BCUT2D eigenvalue weighted by molar-refractivity contribution is -0.138. The maximum atomic E-state index is 14.9. The lowest BCUT2D eigenvalue weighted by atomic mass is 10.1. The number of hydrogen-bond donors (Lipinski definition) is 3. The van der Waals surface area contributed by atoms with Crippen molar-refractivity contribution in [1.82, 2.24) is 15.5 Å². The van der Waals surface area contributed by atoms with Crippen molar-refractivity contribution >= 4 is 51.8 Å². The molecule has 3 amide bonds. The standard InChI is InChI=1S/C26H27ClF5N5O3S/c1-14-12-36(7-6-26(30,31)32)8-9-37(14)20-10-16(27)3-5-18(20)34-23(38)17-4-2-15(21(28)22(17)29)11-33-24(39)19-13-41-25(40)35-19/h2-5,10,14,19H,6-9,11-13H2,1H3,(H,33,39)(H,34,38)(H,35,40)/t14-,19?/m1/s1.